The van der Waals surface area contributed by atoms with Gasteiger partial charge in [-0.3, -0.25) is 4.79 Å². The number of hydrogen-bond acceptors (Lipinski definition) is 3. The molecule has 1 unspecified atom stereocenters. The van der Waals surface area contributed by atoms with Gasteiger partial charge < -0.3 is 16.2 Å². The van der Waals surface area contributed by atoms with E-state index >= 15 is 0 Å². The summed E-state index contributed by atoms with van der Waals surface area (Å²) < 4.78 is 0. The number of nitrogens with two attached hydrogens (primary N) is 1. The van der Waals surface area contributed by atoms with Gasteiger partial charge in [-0.15, -0.1) is 0 Å². The van der Waals surface area contributed by atoms with Crippen molar-refractivity contribution in [3.8, 4) is 5.75 Å². The Morgan fingerprint density at radius 3 is 2.94 bits per heavy atom. The fraction of sp³-hybridized carbons (Fsp3) is 0.500. The van der Waals surface area contributed by atoms with Crippen LogP contribution in [-0.4, -0.2) is 17.6 Å². The molecule has 4 heteroatoms. The quantitative estimate of drug-likeness (QED) is 0.755. The molecule has 0 aromatic heterocycles. The molecular formula is C14H20N2O2. The third kappa shape index (κ3) is 2.34. The second-order valence-corrected chi connectivity index (χ2v) is 5.57. The number of carbonyl (C=O) groups excluding carboxylic acids is 1. The summed E-state index contributed by atoms with van der Waals surface area (Å²) in [5.74, 6) is 0.0649. The van der Waals surface area contributed by atoms with Crippen molar-refractivity contribution >= 4 is 5.91 Å². The molecular weight excluding hydrogens is 228 g/mol. The lowest BCUT2D eigenvalue weighted by molar-refractivity contribution is -0.125. The maximum atomic E-state index is 11.3. The first-order valence-electron chi connectivity index (χ1n) is 6.26. The normalized spacial score (nSPS) is 18.7. The van der Waals surface area contributed by atoms with Crippen molar-refractivity contribution in [1.82, 2.24) is 5.32 Å². The van der Waals surface area contributed by atoms with Crippen LogP contribution in [0.4, 0.5) is 0 Å². The van der Waals surface area contributed by atoms with Crippen LogP contribution < -0.4 is 11.1 Å². The highest BCUT2D eigenvalue weighted by Gasteiger charge is 2.29. The van der Waals surface area contributed by atoms with E-state index in [9.17, 15) is 9.90 Å². The van der Waals surface area contributed by atoms with Crippen LogP contribution in [0.25, 0.3) is 0 Å². The van der Waals surface area contributed by atoms with Gasteiger partial charge in [0.25, 0.3) is 0 Å². The van der Waals surface area contributed by atoms with Crippen molar-refractivity contribution < 1.29 is 9.90 Å². The van der Waals surface area contributed by atoms with E-state index in [1.54, 1.807) is 6.07 Å². The summed E-state index contributed by atoms with van der Waals surface area (Å²) in [6.07, 6.45) is 1.82. The van der Waals surface area contributed by atoms with Gasteiger partial charge in [0.1, 0.15) is 5.75 Å². The summed E-state index contributed by atoms with van der Waals surface area (Å²) in [7, 11) is 0. The van der Waals surface area contributed by atoms with Crippen molar-refractivity contribution in [1.29, 1.82) is 0 Å². The van der Waals surface area contributed by atoms with Crippen molar-refractivity contribution in [2.75, 3.05) is 6.54 Å². The average molecular weight is 248 g/mol. The topological polar surface area (TPSA) is 75.3 Å². The Labute approximate surface area is 107 Å². The number of aromatic hydroxyl groups is 1. The number of phenols is 1. The van der Waals surface area contributed by atoms with E-state index in [0.717, 1.165) is 24.0 Å². The Hall–Kier alpha value is -1.55. The van der Waals surface area contributed by atoms with Gasteiger partial charge in [-0.1, -0.05) is 12.1 Å². The highest BCUT2D eigenvalue weighted by molar-refractivity contribution is 5.80. The first-order chi connectivity index (χ1) is 8.42. The van der Waals surface area contributed by atoms with E-state index in [1.807, 2.05) is 26.0 Å². The third-order valence-electron chi connectivity index (χ3n) is 3.70. The molecule has 0 radical (unpaired) electrons. The lowest BCUT2D eigenvalue weighted by atomic mass is 9.92. The summed E-state index contributed by atoms with van der Waals surface area (Å²) in [5, 5.41) is 13.1. The van der Waals surface area contributed by atoms with Crippen LogP contribution in [0.15, 0.2) is 18.2 Å². The zero-order valence-corrected chi connectivity index (χ0v) is 10.9. The molecule has 0 saturated heterocycles. The molecule has 18 heavy (non-hydrogen) atoms. The molecule has 2 rings (SSSR count). The fourth-order valence-corrected chi connectivity index (χ4v) is 2.31. The predicted molar refractivity (Wildman–Crippen MR) is 70.1 cm³/mol. The molecule has 1 aromatic carbocycles. The molecule has 0 bridgehead atoms. The van der Waals surface area contributed by atoms with Crippen LogP contribution in [0.3, 0.4) is 0 Å². The zero-order valence-electron chi connectivity index (χ0n) is 10.9. The molecule has 98 valence electrons. The molecule has 1 aliphatic carbocycles. The maximum absolute atomic E-state index is 11.3. The van der Waals surface area contributed by atoms with Gasteiger partial charge in [-0.05, 0) is 43.9 Å². The van der Waals surface area contributed by atoms with Gasteiger partial charge in [-0.2, -0.15) is 0 Å². The standard InChI is InChI=1S/C14H20N2O2/c1-14(2,13(15)18)8-16-11-7-6-10-9(11)4-3-5-12(10)17/h3-5,11,16-17H,6-8H2,1-2H3,(H2,15,18). The zero-order chi connectivity index (χ0) is 13.3. The number of phenolic OH excluding ortho intramolecular Hbond substituents is 1. The van der Waals surface area contributed by atoms with Crippen LogP contribution in [0.5, 0.6) is 5.75 Å². The molecule has 1 atom stereocenters. The first kappa shape index (κ1) is 12.9. The van der Waals surface area contributed by atoms with Crippen molar-refractivity contribution in [2.24, 2.45) is 11.1 Å². The second-order valence-electron chi connectivity index (χ2n) is 5.57. The molecule has 0 fully saturated rings. The van der Waals surface area contributed by atoms with Crippen molar-refractivity contribution in [2.45, 2.75) is 32.7 Å². The number of fused-ring (bicyclic) bond motifs is 1. The van der Waals surface area contributed by atoms with E-state index < -0.39 is 5.41 Å². The van der Waals surface area contributed by atoms with E-state index in [1.165, 1.54) is 0 Å². The Bertz CT molecular complexity index is 469. The maximum Gasteiger partial charge on any atom is 0.224 e. The van der Waals surface area contributed by atoms with Crippen LogP contribution in [-0.2, 0) is 11.2 Å². The van der Waals surface area contributed by atoms with E-state index in [4.69, 9.17) is 5.73 Å². The highest BCUT2D eigenvalue weighted by Crippen LogP contribution is 2.36. The fourth-order valence-electron chi connectivity index (χ4n) is 2.31. The lowest BCUT2D eigenvalue weighted by Crippen LogP contribution is -2.41. The molecule has 1 aliphatic rings. The van der Waals surface area contributed by atoms with E-state index in [-0.39, 0.29) is 11.9 Å². The number of nitrogens with one attached hydrogen (secondary N) is 1. The van der Waals surface area contributed by atoms with Gasteiger partial charge in [0.05, 0.1) is 5.41 Å². The first-order valence-corrected chi connectivity index (χ1v) is 6.26. The summed E-state index contributed by atoms with van der Waals surface area (Å²) in [6.45, 7) is 4.21. The Balaban J connectivity index is 2.07. The molecule has 4 nitrogen and oxygen atoms in total. The van der Waals surface area contributed by atoms with Gasteiger partial charge in [0, 0.05) is 12.6 Å². The largest absolute Gasteiger partial charge is 0.508 e. The molecule has 0 aliphatic heterocycles. The smallest absolute Gasteiger partial charge is 0.224 e. The highest BCUT2D eigenvalue weighted by atomic mass is 16.3. The van der Waals surface area contributed by atoms with Crippen molar-refractivity contribution in [3.63, 3.8) is 0 Å². The predicted octanol–water partition coefficient (Wildman–Crippen LogP) is 1.48. The Morgan fingerprint density at radius 1 is 1.56 bits per heavy atom. The van der Waals surface area contributed by atoms with Gasteiger partial charge in [0.2, 0.25) is 5.91 Å². The molecule has 1 amide bonds. The molecule has 1 aromatic rings. The van der Waals surface area contributed by atoms with Crippen LogP contribution in [0, 0.1) is 5.41 Å². The number of carbonyl (C=O) groups is 1. The number of amides is 1. The van der Waals surface area contributed by atoms with Gasteiger partial charge >= 0.3 is 0 Å². The minimum atomic E-state index is -0.556. The number of hydrogen-bond donors (Lipinski definition) is 3. The minimum absolute atomic E-state index is 0.200. The monoisotopic (exact) mass is 248 g/mol. The lowest BCUT2D eigenvalue weighted by Gasteiger charge is -2.24. The summed E-state index contributed by atoms with van der Waals surface area (Å²) in [4.78, 5) is 11.3. The molecule has 4 N–H and O–H groups in total. The summed E-state index contributed by atoms with van der Waals surface area (Å²) in [5.41, 5.74) is 6.95. The van der Waals surface area contributed by atoms with E-state index in [2.05, 4.69) is 5.32 Å². The van der Waals surface area contributed by atoms with Gasteiger partial charge in [0.15, 0.2) is 0 Å². The Kier molecular flexibility index (Phi) is 3.30. The second kappa shape index (κ2) is 4.61. The minimum Gasteiger partial charge on any atom is -0.508 e. The summed E-state index contributed by atoms with van der Waals surface area (Å²) in [6, 6.07) is 5.80. The third-order valence-corrected chi connectivity index (χ3v) is 3.70. The molecule has 0 spiro atoms. The number of primary amides is 1. The number of rotatable bonds is 4. The Morgan fingerprint density at radius 2 is 2.28 bits per heavy atom. The number of benzene rings is 1. The summed E-state index contributed by atoms with van der Waals surface area (Å²) >= 11 is 0. The van der Waals surface area contributed by atoms with Crippen LogP contribution >= 0.6 is 0 Å². The van der Waals surface area contributed by atoms with Crippen LogP contribution in [0.2, 0.25) is 0 Å². The molecule has 0 saturated carbocycles. The van der Waals surface area contributed by atoms with E-state index in [0.29, 0.717) is 12.3 Å². The SMILES string of the molecule is CC(C)(CNC1CCc2c(O)cccc21)C(N)=O. The molecule has 0 heterocycles. The average Bonchev–Trinajstić information content (AvgIpc) is 2.71. The van der Waals surface area contributed by atoms with Crippen LogP contribution in [0.1, 0.15) is 37.4 Å². The van der Waals surface area contributed by atoms with Gasteiger partial charge in [-0.25, -0.2) is 0 Å². The van der Waals surface area contributed by atoms with Crippen molar-refractivity contribution in [3.05, 3.63) is 29.3 Å².